The summed E-state index contributed by atoms with van der Waals surface area (Å²) in [6.07, 6.45) is 1.15. The molecule has 1 atom stereocenters. The van der Waals surface area contributed by atoms with Gasteiger partial charge in [0.05, 0.1) is 0 Å². The van der Waals surface area contributed by atoms with Crippen molar-refractivity contribution >= 4 is 11.6 Å². The number of nitrogens with two attached hydrogens (primary N) is 1. The zero-order valence-corrected chi connectivity index (χ0v) is 9.26. The van der Waals surface area contributed by atoms with Crippen LogP contribution in [0.3, 0.4) is 0 Å². The summed E-state index contributed by atoms with van der Waals surface area (Å²) in [5.74, 6) is 0. The Morgan fingerprint density at radius 2 is 2.00 bits per heavy atom. The van der Waals surface area contributed by atoms with Gasteiger partial charge in [-0.25, -0.2) is 0 Å². The van der Waals surface area contributed by atoms with Crippen molar-refractivity contribution in [1.82, 2.24) is 4.57 Å². The topological polar surface area (TPSA) is 48.0 Å². The summed E-state index contributed by atoms with van der Waals surface area (Å²) in [6, 6.07) is 12.1. The summed E-state index contributed by atoms with van der Waals surface area (Å²) in [6.45, 7) is 0. The van der Waals surface area contributed by atoms with E-state index in [1.807, 2.05) is 12.1 Å². The van der Waals surface area contributed by atoms with Crippen molar-refractivity contribution in [2.75, 3.05) is 0 Å². The minimum absolute atomic E-state index is 0.130. The minimum Gasteiger partial charge on any atom is -0.307 e. The highest BCUT2D eigenvalue weighted by Gasteiger charge is 2.08. The van der Waals surface area contributed by atoms with Crippen LogP contribution in [0.1, 0.15) is 11.7 Å². The molecule has 2 rings (SSSR count). The van der Waals surface area contributed by atoms with E-state index in [9.17, 15) is 4.79 Å². The Morgan fingerprint density at radius 1 is 1.19 bits per heavy atom. The lowest BCUT2D eigenvalue weighted by Crippen LogP contribution is -2.29. The van der Waals surface area contributed by atoms with Crippen molar-refractivity contribution in [2.45, 2.75) is 6.17 Å². The lowest BCUT2D eigenvalue weighted by atomic mass is 10.2. The molecule has 0 spiro atoms. The summed E-state index contributed by atoms with van der Waals surface area (Å²) in [5, 5.41) is 0.608. The van der Waals surface area contributed by atoms with Crippen LogP contribution in [0.25, 0.3) is 0 Å². The molecule has 2 aromatic rings. The van der Waals surface area contributed by atoms with Crippen molar-refractivity contribution in [3.63, 3.8) is 0 Å². The molecule has 3 nitrogen and oxygen atoms in total. The third kappa shape index (κ3) is 2.15. The van der Waals surface area contributed by atoms with Gasteiger partial charge in [-0.3, -0.25) is 9.36 Å². The van der Waals surface area contributed by atoms with Gasteiger partial charge < -0.3 is 5.73 Å². The first-order chi connectivity index (χ1) is 7.68. The molecule has 4 heteroatoms. The molecule has 16 heavy (non-hydrogen) atoms. The fourth-order valence-electron chi connectivity index (χ4n) is 1.52. The van der Waals surface area contributed by atoms with Crippen molar-refractivity contribution in [1.29, 1.82) is 0 Å². The van der Waals surface area contributed by atoms with Crippen molar-refractivity contribution < 1.29 is 0 Å². The SMILES string of the molecule is NC(c1cccc(Cl)c1)n1ccccc1=O. The Bertz CT molecular complexity index is 550. The minimum atomic E-state index is -0.507. The molecular weight excluding hydrogens is 224 g/mol. The molecule has 0 radical (unpaired) electrons. The molecule has 0 bridgehead atoms. The molecule has 0 fully saturated rings. The molecule has 1 unspecified atom stereocenters. The average molecular weight is 235 g/mol. The molecule has 0 saturated heterocycles. The van der Waals surface area contributed by atoms with Crippen LogP contribution in [0.15, 0.2) is 53.5 Å². The van der Waals surface area contributed by atoms with Crippen molar-refractivity contribution in [2.24, 2.45) is 5.73 Å². The fourth-order valence-corrected chi connectivity index (χ4v) is 1.72. The second-order valence-corrected chi connectivity index (χ2v) is 3.88. The predicted octanol–water partition coefficient (Wildman–Crippen LogP) is 2.01. The van der Waals surface area contributed by atoms with Crippen LogP contribution < -0.4 is 11.3 Å². The summed E-state index contributed by atoms with van der Waals surface area (Å²) >= 11 is 5.87. The van der Waals surface area contributed by atoms with E-state index in [1.54, 1.807) is 30.5 Å². The molecule has 0 aliphatic rings. The Balaban J connectivity index is 2.43. The number of nitrogens with zero attached hydrogens (tertiary/aromatic N) is 1. The molecule has 1 heterocycles. The first-order valence-corrected chi connectivity index (χ1v) is 5.24. The molecule has 82 valence electrons. The van der Waals surface area contributed by atoms with Crippen molar-refractivity contribution in [3.8, 4) is 0 Å². The Labute approximate surface area is 98.1 Å². The highest BCUT2D eigenvalue weighted by molar-refractivity contribution is 6.30. The highest BCUT2D eigenvalue weighted by Crippen LogP contribution is 2.16. The van der Waals surface area contributed by atoms with Gasteiger partial charge in [0.25, 0.3) is 5.56 Å². The lowest BCUT2D eigenvalue weighted by molar-refractivity contribution is 0.588. The standard InChI is InChI=1S/C12H11ClN2O/c13-10-5-3-4-9(8-10)12(14)15-7-2-1-6-11(15)16/h1-8,12H,14H2. The van der Waals surface area contributed by atoms with Gasteiger partial charge in [-0.15, -0.1) is 0 Å². The Kier molecular flexibility index (Phi) is 3.08. The number of benzene rings is 1. The van der Waals surface area contributed by atoms with Crippen LogP contribution in [0.5, 0.6) is 0 Å². The zero-order chi connectivity index (χ0) is 11.5. The van der Waals surface area contributed by atoms with Crippen LogP contribution in [0, 0.1) is 0 Å². The molecule has 0 aliphatic carbocycles. The number of aromatic nitrogens is 1. The third-order valence-electron chi connectivity index (χ3n) is 2.34. The van der Waals surface area contributed by atoms with Gasteiger partial charge in [-0.2, -0.15) is 0 Å². The second kappa shape index (κ2) is 4.51. The molecule has 2 N–H and O–H groups in total. The number of rotatable bonds is 2. The van der Waals surface area contributed by atoms with Gasteiger partial charge in [0, 0.05) is 17.3 Å². The van der Waals surface area contributed by atoms with E-state index in [-0.39, 0.29) is 5.56 Å². The lowest BCUT2D eigenvalue weighted by Gasteiger charge is -2.15. The Morgan fingerprint density at radius 3 is 2.69 bits per heavy atom. The maximum Gasteiger partial charge on any atom is 0.252 e. The molecule has 1 aromatic carbocycles. The summed E-state index contributed by atoms with van der Waals surface area (Å²) in [7, 11) is 0. The number of hydrogen-bond donors (Lipinski definition) is 1. The summed E-state index contributed by atoms with van der Waals surface area (Å²) < 4.78 is 1.46. The van der Waals surface area contributed by atoms with Gasteiger partial charge in [0.15, 0.2) is 0 Å². The van der Waals surface area contributed by atoms with E-state index >= 15 is 0 Å². The molecule has 0 saturated carbocycles. The third-order valence-corrected chi connectivity index (χ3v) is 2.58. The van der Waals surface area contributed by atoms with Crippen LogP contribution in [0.4, 0.5) is 0 Å². The van der Waals surface area contributed by atoms with Crippen LogP contribution in [0.2, 0.25) is 5.02 Å². The number of hydrogen-bond acceptors (Lipinski definition) is 2. The number of halogens is 1. The van der Waals surface area contributed by atoms with E-state index in [2.05, 4.69) is 0 Å². The van der Waals surface area contributed by atoms with Crippen LogP contribution in [-0.2, 0) is 0 Å². The maximum absolute atomic E-state index is 11.6. The number of pyridine rings is 1. The first kappa shape index (κ1) is 10.9. The van der Waals surface area contributed by atoms with E-state index in [1.165, 1.54) is 10.6 Å². The summed E-state index contributed by atoms with van der Waals surface area (Å²) in [5.41, 5.74) is 6.67. The average Bonchev–Trinajstić information content (AvgIpc) is 2.29. The second-order valence-electron chi connectivity index (χ2n) is 3.45. The highest BCUT2D eigenvalue weighted by atomic mass is 35.5. The van der Waals surface area contributed by atoms with Gasteiger partial charge in [-0.05, 0) is 23.8 Å². The predicted molar refractivity (Wildman–Crippen MR) is 64.5 cm³/mol. The normalized spacial score (nSPS) is 12.4. The van der Waals surface area contributed by atoms with Crippen LogP contribution >= 0.6 is 11.6 Å². The monoisotopic (exact) mass is 234 g/mol. The quantitative estimate of drug-likeness (QED) is 0.864. The van der Waals surface area contributed by atoms with Crippen molar-refractivity contribution in [3.05, 3.63) is 69.6 Å². The van der Waals surface area contributed by atoms with Gasteiger partial charge in [0.2, 0.25) is 0 Å². The molecule has 1 aromatic heterocycles. The van der Waals surface area contributed by atoms with E-state index in [0.717, 1.165) is 5.56 Å². The zero-order valence-electron chi connectivity index (χ0n) is 8.51. The van der Waals surface area contributed by atoms with Gasteiger partial charge in [-0.1, -0.05) is 29.8 Å². The molecule has 0 amide bonds. The molecular formula is C12H11ClN2O. The van der Waals surface area contributed by atoms with E-state index in [0.29, 0.717) is 5.02 Å². The Hall–Kier alpha value is -1.58. The first-order valence-electron chi connectivity index (χ1n) is 4.87. The van der Waals surface area contributed by atoms with E-state index < -0.39 is 6.17 Å². The van der Waals surface area contributed by atoms with Gasteiger partial charge in [0.1, 0.15) is 6.17 Å². The van der Waals surface area contributed by atoms with E-state index in [4.69, 9.17) is 17.3 Å². The molecule has 0 aliphatic heterocycles. The largest absolute Gasteiger partial charge is 0.307 e. The fraction of sp³-hybridized carbons (Fsp3) is 0.0833. The smallest absolute Gasteiger partial charge is 0.252 e. The maximum atomic E-state index is 11.6. The summed E-state index contributed by atoms with van der Waals surface area (Å²) in [4.78, 5) is 11.6. The van der Waals surface area contributed by atoms with Crippen LogP contribution in [-0.4, -0.2) is 4.57 Å². The van der Waals surface area contributed by atoms with Gasteiger partial charge >= 0.3 is 0 Å².